The molecular weight excluding hydrogens is 358 g/mol. The predicted octanol–water partition coefficient (Wildman–Crippen LogP) is -0.357. The fourth-order valence-corrected chi connectivity index (χ4v) is 4.42. The number of carbonyl (C=O) groups is 2. The average Bonchev–Trinajstić information content (AvgIpc) is 3.24. The van der Waals surface area contributed by atoms with Gasteiger partial charge in [-0.1, -0.05) is 0 Å². The molecule has 1 atom stereocenters. The van der Waals surface area contributed by atoms with Crippen molar-refractivity contribution < 1.29 is 18.0 Å². The molecule has 1 saturated heterocycles. The summed E-state index contributed by atoms with van der Waals surface area (Å²) in [5.74, 6) is -0.118. The number of aromatic nitrogens is 3. The molecule has 2 aromatic rings. The van der Waals surface area contributed by atoms with Crippen LogP contribution in [0, 0.1) is 0 Å². The monoisotopic (exact) mass is 377 g/mol. The van der Waals surface area contributed by atoms with Crippen molar-refractivity contribution in [3.8, 4) is 5.82 Å². The van der Waals surface area contributed by atoms with Gasteiger partial charge in [0, 0.05) is 31.7 Å². The Kier molecular flexibility index (Phi) is 5.03. The molecule has 1 N–H and O–H groups in total. The third-order valence-corrected chi connectivity index (χ3v) is 5.83. The first kappa shape index (κ1) is 18.1. The molecular formula is C16H19N5O4S. The first-order valence-electron chi connectivity index (χ1n) is 8.05. The molecule has 0 aliphatic carbocycles. The van der Waals surface area contributed by atoms with Gasteiger partial charge in [0.1, 0.15) is 0 Å². The number of carbonyl (C=O) groups excluding carboxylic acids is 2. The average molecular weight is 377 g/mol. The van der Waals surface area contributed by atoms with Gasteiger partial charge in [0.05, 0.1) is 23.6 Å². The van der Waals surface area contributed by atoms with E-state index in [-0.39, 0.29) is 35.9 Å². The van der Waals surface area contributed by atoms with Gasteiger partial charge in [-0.3, -0.25) is 9.59 Å². The summed E-state index contributed by atoms with van der Waals surface area (Å²) in [5, 5.41) is 6.72. The number of amides is 2. The molecule has 0 radical (unpaired) electrons. The van der Waals surface area contributed by atoms with Gasteiger partial charge in [0.25, 0.3) is 5.91 Å². The van der Waals surface area contributed by atoms with Crippen LogP contribution in [0.1, 0.15) is 16.8 Å². The summed E-state index contributed by atoms with van der Waals surface area (Å²) in [6.07, 6.45) is 5.20. The molecule has 1 aliphatic heterocycles. The highest BCUT2D eigenvalue weighted by Gasteiger charge is 2.29. The summed E-state index contributed by atoms with van der Waals surface area (Å²) in [4.78, 5) is 29.9. The van der Waals surface area contributed by atoms with E-state index in [1.165, 1.54) is 18.1 Å². The standard InChI is InChI=1S/C16H19N5O4S/c1-20(10-15(22)19-13-5-8-26(24,25)11-13)16(23)12-3-4-14(17-9-12)21-7-2-6-18-21/h2-4,6-7,9,13H,5,8,10-11H2,1H3,(H,19,22). The maximum absolute atomic E-state index is 12.4. The van der Waals surface area contributed by atoms with Crippen LogP contribution in [0.25, 0.3) is 5.82 Å². The molecule has 0 bridgehead atoms. The summed E-state index contributed by atoms with van der Waals surface area (Å²) in [7, 11) is -1.55. The zero-order valence-electron chi connectivity index (χ0n) is 14.2. The van der Waals surface area contributed by atoms with Gasteiger partial charge >= 0.3 is 0 Å². The van der Waals surface area contributed by atoms with E-state index in [0.29, 0.717) is 17.8 Å². The van der Waals surface area contributed by atoms with Crippen LogP contribution < -0.4 is 5.32 Å². The number of hydrogen-bond donors (Lipinski definition) is 1. The zero-order valence-corrected chi connectivity index (χ0v) is 15.0. The summed E-state index contributed by atoms with van der Waals surface area (Å²) >= 11 is 0. The second-order valence-corrected chi connectivity index (χ2v) is 8.41. The summed E-state index contributed by atoms with van der Waals surface area (Å²) in [5.41, 5.74) is 0.347. The van der Waals surface area contributed by atoms with Gasteiger partial charge in [-0.15, -0.1) is 0 Å². The highest BCUT2D eigenvalue weighted by Crippen LogP contribution is 2.11. The van der Waals surface area contributed by atoms with Crippen LogP contribution in [0.4, 0.5) is 0 Å². The lowest BCUT2D eigenvalue weighted by Crippen LogP contribution is -2.43. The topological polar surface area (TPSA) is 114 Å². The number of rotatable bonds is 5. The van der Waals surface area contributed by atoms with E-state index in [4.69, 9.17) is 0 Å². The van der Waals surface area contributed by atoms with Gasteiger partial charge in [-0.05, 0) is 24.6 Å². The number of pyridine rings is 1. The molecule has 2 amide bonds. The highest BCUT2D eigenvalue weighted by molar-refractivity contribution is 7.91. The van der Waals surface area contributed by atoms with Gasteiger partial charge in [-0.25, -0.2) is 18.1 Å². The molecule has 0 saturated carbocycles. The van der Waals surface area contributed by atoms with E-state index < -0.39 is 9.84 Å². The van der Waals surface area contributed by atoms with E-state index in [2.05, 4.69) is 15.4 Å². The van der Waals surface area contributed by atoms with Crippen molar-refractivity contribution >= 4 is 21.7 Å². The van der Waals surface area contributed by atoms with Gasteiger partial charge in [0.2, 0.25) is 5.91 Å². The number of hydrogen-bond acceptors (Lipinski definition) is 6. The molecule has 1 aliphatic rings. The van der Waals surface area contributed by atoms with E-state index >= 15 is 0 Å². The smallest absolute Gasteiger partial charge is 0.255 e. The highest BCUT2D eigenvalue weighted by atomic mass is 32.2. The number of sulfone groups is 1. The van der Waals surface area contributed by atoms with E-state index in [1.54, 1.807) is 35.3 Å². The van der Waals surface area contributed by atoms with Crippen molar-refractivity contribution in [2.45, 2.75) is 12.5 Å². The van der Waals surface area contributed by atoms with Crippen LogP contribution in [-0.4, -0.2) is 71.0 Å². The van der Waals surface area contributed by atoms with Crippen LogP contribution in [0.15, 0.2) is 36.8 Å². The van der Waals surface area contributed by atoms with Gasteiger partial charge in [-0.2, -0.15) is 5.10 Å². The van der Waals surface area contributed by atoms with E-state index in [9.17, 15) is 18.0 Å². The van der Waals surface area contributed by atoms with Crippen molar-refractivity contribution in [2.24, 2.45) is 0 Å². The van der Waals surface area contributed by atoms with Crippen LogP contribution in [0.3, 0.4) is 0 Å². The van der Waals surface area contributed by atoms with Crippen LogP contribution >= 0.6 is 0 Å². The van der Waals surface area contributed by atoms with Crippen molar-refractivity contribution in [3.05, 3.63) is 42.4 Å². The quantitative estimate of drug-likeness (QED) is 0.761. The Bertz CT molecular complexity index is 893. The van der Waals surface area contributed by atoms with E-state index in [0.717, 1.165) is 0 Å². The van der Waals surface area contributed by atoms with Crippen LogP contribution in [0.2, 0.25) is 0 Å². The maximum atomic E-state index is 12.4. The summed E-state index contributed by atoms with van der Waals surface area (Å²) in [6, 6.07) is 4.66. The molecule has 26 heavy (non-hydrogen) atoms. The van der Waals surface area contributed by atoms with Crippen molar-refractivity contribution in [2.75, 3.05) is 25.1 Å². The second kappa shape index (κ2) is 7.24. The minimum absolute atomic E-state index is 0.0464. The lowest BCUT2D eigenvalue weighted by atomic mass is 10.2. The number of nitrogens with one attached hydrogen (secondary N) is 1. The molecule has 10 heteroatoms. The predicted molar refractivity (Wildman–Crippen MR) is 93.5 cm³/mol. The summed E-state index contributed by atoms with van der Waals surface area (Å²) < 4.78 is 24.4. The summed E-state index contributed by atoms with van der Waals surface area (Å²) in [6.45, 7) is -0.156. The van der Waals surface area contributed by atoms with E-state index in [1.807, 2.05) is 0 Å². The fraction of sp³-hybridized carbons (Fsp3) is 0.375. The second-order valence-electron chi connectivity index (χ2n) is 6.18. The molecule has 9 nitrogen and oxygen atoms in total. The van der Waals surface area contributed by atoms with Crippen molar-refractivity contribution in [3.63, 3.8) is 0 Å². The Morgan fingerprint density at radius 2 is 2.19 bits per heavy atom. The Morgan fingerprint density at radius 3 is 2.77 bits per heavy atom. The largest absolute Gasteiger partial charge is 0.351 e. The van der Waals surface area contributed by atoms with Crippen LogP contribution in [-0.2, 0) is 14.6 Å². The molecule has 2 aromatic heterocycles. The van der Waals surface area contributed by atoms with Crippen molar-refractivity contribution in [1.29, 1.82) is 0 Å². The molecule has 138 valence electrons. The van der Waals surface area contributed by atoms with Crippen molar-refractivity contribution in [1.82, 2.24) is 25.0 Å². The number of likely N-dealkylation sites (N-methyl/N-ethyl adjacent to an activating group) is 1. The molecule has 0 spiro atoms. The lowest BCUT2D eigenvalue weighted by Gasteiger charge is -2.18. The molecule has 1 unspecified atom stereocenters. The molecule has 3 rings (SSSR count). The van der Waals surface area contributed by atoms with Gasteiger partial charge < -0.3 is 10.2 Å². The zero-order chi connectivity index (χ0) is 18.7. The lowest BCUT2D eigenvalue weighted by molar-refractivity contribution is -0.122. The molecule has 1 fully saturated rings. The third kappa shape index (κ3) is 4.26. The minimum atomic E-state index is -3.06. The van der Waals surface area contributed by atoms with Crippen LogP contribution in [0.5, 0.6) is 0 Å². The Balaban J connectivity index is 1.56. The molecule has 0 aromatic carbocycles. The Morgan fingerprint density at radius 1 is 1.38 bits per heavy atom. The molecule has 3 heterocycles. The normalized spacial score (nSPS) is 18.4. The first-order chi connectivity index (χ1) is 12.3. The Hall–Kier alpha value is -2.75. The minimum Gasteiger partial charge on any atom is -0.351 e. The first-order valence-corrected chi connectivity index (χ1v) is 9.87. The maximum Gasteiger partial charge on any atom is 0.255 e. The third-order valence-electron chi connectivity index (χ3n) is 4.06. The Labute approximate surface area is 150 Å². The van der Waals surface area contributed by atoms with Gasteiger partial charge in [0.15, 0.2) is 15.7 Å². The fourth-order valence-electron chi connectivity index (χ4n) is 2.74. The SMILES string of the molecule is CN(CC(=O)NC1CCS(=O)(=O)C1)C(=O)c1ccc(-n2cccn2)nc1. The number of nitrogens with zero attached hydrogens (tertiary/aromatic N) is 4.